The van der Waals surface area contributed by atoms with Crippen molar-refractivity contribution >= 4 is 59.3 Å². The summed E-state index contributed by atoms with van der Waals surface area (Å²) in [6.45, 7) is 22.0. The van der Waals surface area contributed by atoms with Crippen molar-refractivity contribution in [3.8, 4) is 0 Å². The average molecular weight is 1040 g/mol. The van der Waals surface area contributed by atoms with Gasteiger partial charge in [0, 0.05) is 6.42 Å². The van der Waals surface area contributed by atoms with Gasteiger partial charge in [0.05, 0.1) is 6.42 Å². The molecule has 8 unspecified atom stereocenters. The standard InChI is InChI=1S/C53H93N7O13/c1-30(2)21-19-17-15-13-14-16-18-20-22-42-51(70)54-36(23-24-43(61)62)46(65)55-37(25-31(3)4)47(66)57-39(27-33(7)8)50(69)60-45(35(11)12)52(71)58-40(29-44(63)64)49(68)56-38(26-32(5)6)48(67)59-41(28-34(9)10)53(72)73-42/h30-42,45H,13-29H2,1-12H3,(H,54,70)(H,55,65)(H,56,68)(H,57,66)(H,58,71)(H,59,67)(H,60,69)(H,61,62)(H,63,64). The third kappa shape index (κ3) is 27.5. The Labute approximate surface area is 434 Å². The van der Waals surface area contributed by atoms with Gasteiger partial charge in [-0.15, -0.1) is 0 Å². The minimum atomic E-state index is -1.73. The van der Waals surface area contributed by atoms with Crippen molar-refractivity contribution in [2.24, 2.45) is 35.5 Å². The summed E-state index contributed by atoms with van der Waals surface area (Å²) in [4.78, 5) is 137. The lowest BCUT2D eigenvalue weighted by molar-refractivity contribution is -0.160. The van der Waals surface area contributed by atoms with Crippen molar-refractivity contribution in [2.45, 2.75) is 241 Å². The van der Waals surface area contributed by atoms with Gasteiger partial charge in [0.2, 0.25) is 35.4 Å². The van der Waals surface area contributed by atoms with Crippen LogP contribution < -0.4 is 37.2 Å². The lowest BCUT2D eigenvalue weighted by atomic mass is 9.98. The summed E-state index contributed by atoms with van der Waals surface area (Å²) in [6.07, 6.45) is 5.38. The Morgan fingerprint density at radius 3 is 1.21 bits per heavy atom. The van der Waals surface area contributed by atoms with E-state index in [0.29, 0.717) is 18.8 Å². The Balaban J connectivity index is 3.97. The number of aliphatic carboxylic acids is 2. The summed E-state index contributed by atoms with van der Waals surface area (Å²) >= 11 is 0. The second-order valence-electron chi connectivity index (χ2n) is 22.4. The molecule has 0 bridgehead atoms. The van der Waals surface area contributed by atoms with Gasteiger partial charge < -0.3 is 52.2 Å². The van der Waals surface area contributed by atoms with Crippen LogP contribution in [0.15, 0.2) is 0 Å². The van der Waals surface area contributed by atoms with Gasteiger partial charge in [0.25, 0.3) is 5.91 Å². The Hall–Kier alpha value is -5.30. The number of nitrogens with one attached hydrogen (secondary N) is 7. The van der Waals surface area contributed by atoms with Crippen molar-refractivity contribution in [1.82, 2.24) is 37.2 Å². The van der Waals surface area contributed by atoms with Gasteiger partial charge in [0.1, 0.15) is 42.3 Å². The second-order valence-corrected chi connectivity index (χ2v) is 22.4. The molecule has 0 spiro atoms. The van der Waals surface area contributed by atoms with Crippen molar-refractivity contribution in [3.05, 3.63) is 0 Å². The van der Waals surface area contributed by atoms with Gasteiger partial charge in [0.15, 0.2) is 6.10 Å². The van der Waals surface area contributed by atoms with Gasteiger partial charge in [-0.05, 0) is 80.5 Å². The topological polar surface area (TPSA) is 305 Å². The van der Waals surface area contributed by atoms with Crippen LogP contribution in [0.3, 0.4) is 0 Å². The summed E-state index contributed by atoms with van der Waals surface area (Å²) in [5, 5.41) is 37.8. The van der Waals surface area contributed by atoms with Crippen LogP contribution in [0, 0.1) is 35.5 Å². The Morgan fingerprint density at radius 2 is 0.781 bits per heavy atom. The van der Waals surface area contributed by atoms with Crippen LogP contribution in [0.1, 0.15) is 192 Å². The van der Waals surface area contributed by atoms with Crippen LogP contribution in [-0.4, -0.2) is 118 Å². The number of carboxylic acid groups (broad SMARTS) is 2. The first-order valence-electron chi connectivity index (χ1n) is 26.9. The number of carbonyl (C=O) groups excluding carboxylic acids is 8. The fraction of sp³-hybridized carbons (Fsp3) is 0.811. The fourth-order valence-electron chi connectivity index (χ4n) is 8.53. The highest BCUT2D eigenvalue weighted by Crippen LogP contribution is 2.18. The number of carbonyl (C=O) groups is 10. The van der Waals surface area contributed by atoms with Gasteiger partial charge in [-0.1, -0.05) is 134 Å². The maximum atomic E-state index is 14.3. The van der Waals surface area contributed by atoms with Crippen LogP contribution in [0.5, 0.6) is 0 Å². The van der Waals surface area contributed by atoms with E-state index >= 15 is 0 Å². The molecule has 418 valence electrons. The normalized spacial score (nSPS) is 23.9. The summed E-state index contributed by atoms with van der Waals surface area (Å²) in [7, 11) is 0. The lowest BCUT2D eigenvalue weighted by Crippen LogP contribution is -2.61. The van der Waals surface area contributed by atoms with E-state index in [-0.39, 0.29) is 55.8 Å². The van der Waals surface area contributed by atoms with Crippen LogP contribution in [0.4, 0.5) is 0 Å². The van der Waals surface area contributed by atoms with E-state index in [1.165, 1.54) is 12.8 Å². The van der Waals surface area contributed by atoms with E-state index in [0.717, 1.165) is 32.1 Å². The molecule has 0 aliphatic carbocycles. The molecule has 1 fully saturated rings. The molecule has 1 aliphatic rings. The van der Waals surface area contributed by atoms with Crippen molar-refractivity contribution in [2.75, 3.05) is 0 Å². The molecule has 9 N–H and O–H groups in total. The summed E-state index contributed by atoms with van der Waals surface area (Å²) < 4.78 is 5.93. The van der Waals surface area contributed by atoms with Crippen LogP contribution in [0.25, 0.3) is 0 Å². The van der Waals surface area contributed by atoms with Crippen LogP contribution >= 0.6 is 0 Å². The number of unbranched alkanes of at least 4 members (excludes halogenated alkanes) is 7. The SMILES string of the molecule is CC(C)CCCCCCCCCCC1OC(=O)C(CC(C)C)NC(=O)C(CC(C)C)NC(=O)C(CC(=O)O)NC(=O)C(C(C)C)NC(=O)C(CC(C)C)NC(=O)C(CC(C)C)NC(=O)C(CCC(=O)O)NC1=O. The molecule has 7 amide bonds. The third-order valence-electron chi connectivity index (χ3n) is 12.4. The predicted molar refractivity (Wildman–Crippen MR) is 276 cm³/mol. The van der Waals surface area contributed by atoms with E-state index in [4.69, 9.17) is 4.74 Å². The first kappa shape index (κ1) is 65.7. The molecule has 1 aliphatic heterocycles. The van der Waals surface area contributed by atoms with E-state index in [9.17, 15) is 58.2 Å². The van der Waals surface area contributed by atoms with Gasteiger partial charge in [-0.25, -0.2) is 4.79 Å². The molecule has 73 heavy (non-hydrogen) atoms. The lowest BCUT2D eigenvalue weighted by Gasteiger charge is -2.30. The smallest absolute Gasteiger partial charge is 0.329 e. The molecule has 0 radical (unpaired) electrons. The van der Waals surface area contributed by atoms with Gasteiger partial charge in [-0.3, -0.25) is 43.2 Å². The maximum absolute atomic E-state index is 14.3. The highest BCUT2D eigenvalue weighted by molar-refractivity contribution is 5.99. The Morgan fingerprint density at radius 1 is 0.411 bits per heavy atom. The number of amides is 7. The quantitative estimate of drug-likeness (QED) is 0.0428. The van der Waals surface area contributed by atoms with Crippen molar-refractivity contribution in [1.29, 1.82) is 0 Å². The zero-order chi connectivity index (χ0) is 55.5. The number of cyclic esters (lactones) is 1. The highest BCUT2D eigenvalue weighted by atomic mass is 16.5. The molecule has 1 heterocycles. The number of rotatable bonds is 25. The molecular weight excluding hydrogens is 943 g/mol. The largest absolute Gasteiger partial charge is 0.481 e. The first-order chi connectivity index (χ1) is 34.1. The molecular formula is C53H93N7O13. The number of hydrogen-bond acceptors (Lipinski definition) is 11. The number of esters is 1. The number of hydrogen-bond donors (Lipinski definition) is 9. The van der Waals surface area contributed by atoms with Gasteiger partial charge in [-0.2, -0.15) is 0 Å². The molecule has 1 rings (SSSR count). The summed E-state index contributed by atoms with van der Waals surface area (Å²) in [5.74, 6) is -10.6. The molecule has 20 heteroatoms. The average Bonchev–Trinajstić information content (AvgIpc) is 3.26. The Bertz CT molecular complexity index is 1800. The molecule has 0 aromatic heterocycles. The first-order valence-corrected chi connectivity index (χ1v) is 26.9. The molecule has 0 aromatic rings. The second kappa shape index (κ2) is 34.2. The molecule has 1 saturated heterocycles. The summed E-state index contributed by atoms with van der Waals surface area (Å²) in [5.41, 5.74) is 0. The summed E-state index contributed by atoms with van der Waals surface area (Å²) in [6, 6.07) is -9.88. The van der Waals surface area contributed by atoms with Crippen LogP contribution in [-0.2, 0) is 52.7 Å². The molecule has 8 atom stereocenters. The van der Waals surface area contributed by atoms with Crippen molar-refractivity contribution in [3.63, 3.8) is 0 Å². The Kier molecular flexibility index (Phi) is 30.8. The molecule has 20 nitrogen and oxygen atoms in total. The van der Waals surface area contributed by atoms with Crippen LogP contribution in [0.2, 0.25) is 0 Å². The zero-order valence-electron chi connectivity index (χ0n) is 46.0. The highest BCUT2D eigenvalue weighted by Gasteiger charge is 2.38. The van der Waals surface area contributed by atoms with E-state index in [1.807, 2.05) is 0 Å². The maximum Gasteiger partial charge on any atom is 0.329 e. The van der Waals surface area contributed by atoms with E-state index < -0.39 is 133 Å². The number of carboxylic acids is 2. The van der Waals surface area contributed by atoms with E-state index in [2.05, 4.69) is 51.1 Å². The predicted octanol–water partition coefficient (Wildman–Crippen LogP) is 5.04. The minimum Gasteiger partial charge on any atom is -0.481 e. The molecule has 0 saturated carbocycles. The molecule has 0 aromatic carbocycles. The zero-order valence-corrected chi connectivity index (χ0v) is 46.0. The van der Waals surface area contributed by atoms with E-state index in [1.54, 1.807) is 69.2 Å². The monoisotopic (exact) mass is 1040 g/mol. The number of ether oxygens (including phenoxy) is 1. The van der Waals surface area contributed by atoms with Crippen molar-refractivity contribution < 1.29 is 62.9 Å². The third-order valence-corrected chi connectivity index (χ3v) is 12.4. The minimum absolute atomic E-state index is 0.0135. The fourth-order valence-corrected chi connectivity index (χ4v) is 8.53. The van der Waals surface area contributed by atoms with Gasteiger partial charge >= 0.3 is 17.9 Å².